The highest BCUT2D eigenvalue weighted by atomic mass is 16.4. The summed E-state index contributed by atoms with van der Waals surface area (Å²) in [5, 5.41) is 12.5. The van der Waals surface area contributed by atoms with Gasteiger partial charge in [0, 0.05) is 12.5 Å². The van der Waals surface area contributed by atoms with Gasteiger partial charge in [-0.1, -0.05) is 27.2 Å². The Balaban J connectivity index is 2.08. The lowest BCUT2D eigenvalue weighted by molar-refractivity contribution is 0.0691. The van der Waals surface area contributed by atoms with Crippen LogP contribution in [0.4, 0.5) is 5.69 Å². The Hall–Kier alpha value is -1.65. The van der Waals surface area contributed by atoms with Crippen molar-refractivity contribution in [2.75, 3.05) is 11.9 Å². The van der Waals surface area contributed by atoms with E-state index in [9.17, 15) is 9.90 Å². The Bertz CT molecular complexity index is 488. The van der Waals surface area contributed by atoms with Crippen LogP contribution in [-0.2, 0) is 0 Å². The van der Waals surface area contributed by atoms with Crippen LogP contribution in [0, 0.1) is 11.8 Å². The Morgan fingerprint density at radius 3 is 2.80 bits per heavy atom. The van der Waals surface area contributed by atoms with Gasteiger partial charge in [0.1, 0.15) is 5.82 Å². The van der Waals surface area contributed by atoms with E-state index in [-0.39, 0.29) is 11.6 Å². The number of nitrogens with zero attached hydrogens (tertiary/aromatic N) is 2. The highest BCUT2D eigenvalue weighted by Gasteiger charge is 2.22. The van der Waals surface area contributed by atoms with Crippen LogP contribution in [0.15, 0.2) is 6.20 Å². The number of aromatic nitrogens is 2. The van der Waals surface area contributed by atoms with Crippen LogP contribution in [0.5, 0.6) is 0 Å². The van der Waals surface area contributed by atoms with E-state index in [0.29, 0.717) is 17.4 Å². The highest BCUT2D eigenvalue weighted by molar-refractivity contribution is 5.91. The van der Waals surface area contributed by atoms with Crippen LogP contribution in [0.3, 0.4) is 0 Å². The lowest BCUT2D eigenvalue weighted by atomic mass is 10.1. The van der Waals surface area contributed by atoms with Crippen LogP contribution in [0.1, 0.15) is 62.3 Å². The van der Waals surface area contributed by atoms with Gasteiger partial charge in [-0.25, -0.2) is 14.8 Å². The first-order valence-corrected chi connectivity index (χ1v) is 7.31. The Morgan fingerprint density at radius 2 is 2.25 bits per heavy atom. The number of anilines is 1. The number of aromatic carboxylic acids is 1. The van der Waals surface area contributed by atoms with Gasteiger partial charge >= 0.3 is 5.97 Å². The lowest BCUT2D eigenvalue weighted by Gasteiger charge is -2.14. The van der Waals surface area contributed by atoms with Crippen molar-refractivity contribution in [3.8, 4) is 0 Å². The van der Waals surface area contributed by atoms with Crippen molar-refractivity contribution < 1.29 is 9.90 Å². The van der Waals surface area contributed by atoms with Gasteiger partial charge in [-0.05, 0) is 24.7 Å². The van der Waals surface area contributed by atoms with Crippen LogP contribution >= 0.6 is 0 Å². The standard InChI is InChI=1S/C15H23N3O2/c1-9(2)14-17-8-12(13(18-14)15(19)20)16-7-11-5-4-10(3)6-11/h8-11,16H,4-7H2,1-3H3,(H,19,20). The molecule has 110 valence electrons. The van der Waals surface area contributed by atoms with Crippen molar-refractivity contribution in [3.05, 3.63) is 17.7 Å². The van der Waals surface area contributed by atoms with Gasteiger partial charge in [-0.15, -0.1) is 0 Å². The van der Waals surface area contributed by atoms with Crippen LogP contribution in [0.2, 0.25) is 0 Å². The summed E-state index contributed by atoms with van der Waals surface area (Å²) in [7, 11) is 0. The van der Waals surface area contributed by atoms with Gasteiger partial charge in [0.25, 0.3) is 0 Å². The minimum Gasteiger partial charge on any atom is -0.476 e. The van der Waals surface area contributed by atoms with Gasteiger partial charge in [0.05, 0.1) is 11.9 Å². The summed E-state index contributed by atoms with van der Waals surface area (Å²) in [5.74, 6) is 1.09. The topological polar surface area (TPSA) is 75.1 Å². The number of nitrogens with one attached hydrogen (secondary N) is 1. The number of carbonyl (C=O) groups is 1. The SMILES string of the molecule is CC1CCC(CNc2cnc(C(C)C)nc2C(=O)O)C1. The quantitative estimate of drug-likeness (QED) is 0.864. The second kappa shape index (κ2) is 6.20. The molecule has 1 heterocycles. The third kappa shape index (κ3) is 3.46. The predicted molar refractivity (Wildman–Crippen MR) is 78.1 cm³/mol. The molecular formula is C15H23N3O2. The fraction of sp³-hybridized carbons (Fsp3) is 0.667. The first kappa shape index (κ1) is 14.8. The molecule has 0 aromatic carbocycles. The molecule has 1 aromatic rings. The van der Waals surface area contributed by atoms with Crippen molar-refractivity contribution in [2.45, 2.75) is 46.0 Å². The molecule has 1 saturated carbocycles. The van der Waals surface area contributed by atoms with E-state index in [4.69, 9.17) is 0 Å². The zero-order valence-electron chi connectivity index (χ0n) is 12.4. The van der Waals surface area contributed by atoms with Gasteiger partial charge in [0.2, 0.25) is 0 Å². The largest absolute Gasteiger partial charge is 0.476 e. The molecule has 0 saturated heterocycles. The minimum atomic E-state index is -1.00. The summed E-state index contributed by atoms with van der Waals surface area (Å²) in [5.41, 5.74) is 0.608. The average molecular weight is 277 g/mol. The summed E-state index contributed by atoms with van der Waals surface area (Å²) in [6.45, 7) is 6.97. The fourth-order valence-corrected chi connectivity index (χ4v) is 2.73. The number of hydrogen-bond donors (Lipinski definition) is 2. The van der Waals surface area contributed by atoms with Crippen LogP contribution in [0.25, 0.3) is 0 Å². The summed E-state index contributed by atoms with van der Waals surface area (Å²) in [6, 6.07) is 0. The average Bonchev–Trinajstić information content (AvgIpc) is 2.81. The summed E-state index contributed by atoms with van der Waals surface area (Å²) in [6.07, 6.45) is 5.28. The molecule has 0 aliphatic heterocycles. The van der Waals surface area contributed by atoms with Gasteiger partial charge in [-0.3, -0.25) is 0 Å². The second-order valence-corrected chi connectivity index (χ2v) is 6.12. The van der Waals surface area contributed by atoms with E-state index in [1.165, 1.54) is 19.3 Å². The molecule has 2 N–H and O–H groups in total. The molecule has 0 amide bonds. The molecule has 1 aliphatic rings. The first-order valence-electron chi connectivity index (χ1n) is 7.31. The summed E-state index contributed by atoms with van der Waals surface area (Å²) in [4.78, 5) is 19.7. The molecule has 0 bridgehead atoms. The smallest absolute Gasteiger partial charge is 0.356 e. The van der Waals surface area contributed by atoms with Crippen molar-refractivity contribution in [2.24, 2.45) is 11.8 Å². The van der Waals surface area contributed by atoms with Gasteiger partial charge in [-0.2, -0.15) is 0 Å². The third-order valence-corrected chi connectivity index (χ3v) is 3.91. The molecule has 2 atom stereocenters. The van der Waals surface area contributed by atoms with Crippen molar-refractivity contribution in [1.82, 2.24) is 9.97 Å². The third-order valence-electron chi connectivity index (χ3n) is 3.91. The Morgan fingerprint density at radius 1 is 1.50 bits per heavy atom. The molecule has 1 fully saturated rings. The summed E-state index contributed by atoms with van der Waals surface area (Å²) < 4.78 is 0. The molecule has 0 radical (unpaired) electrons. The fourth-order valence-electron chi connectivity index (χ4n) is 2.73. The van der Waals surface area contributed by atoms with E-state index in [0.717, 1.165) is 12.5 Å². The normalized spacial score (nSPS) is 22.2. The molecular weight excluding hydrogens is 254 g/mol. The van der Waals surface area contributed by atoms with Crippen molar-refractivity contribution >= 4 is 11.7 Å². The van der Waals surface area contributed by atoms with E-state index < -0.39 is 5.97 Å². The van der Waals surface area contributed by atoms with E-state index in [1.54, 1.807) is 6.20 Å². The molecule has 20 heavy (non-hydrogen) atoms. The summed E-state index contributed by atoms with van der Waals surface area (Å²) >= 11 is 0. The molecule has 5 heteroatoms. The molecule has 2 unspecified atom stereocenters. The molecule has 0 spiro atoms. The Kier molecular flexibility index (Phi) is 4.57. The first-order chi connectivity index (χ1) is 9.47. The van der Waals surface area contributed by atoms with E-state index in [2.05, 4.69) is 22.2 Å². The number of rotatable bonds is 5. The maximum Gasteiger partial charge on any atom is 0.356 e. The number of carboxylic acid groups (broad SMARTS) is 1. The van der Waals surface area contributed by atoms with Crippen molar-refractivity contribution in [3.63, 3.8) is 0 Å². The number of hydrogen-bond acceptors (Lipinski definition) is 4. The van der Waals surface area contributed by atoms with Crippen LogP contribution < -0.4 is 5.32 Å². The maximum atomic E-state index is 11.3. The predicted octanol–water partition coefficient (Wildman–Crippen LogP) is 3.15. The number of carboxylic acids is 1. The molecule has 1 aliphatic carbocycles. The van der Waals surface area contributed by atoms with Gasteiger partial charge < -0.3 is 10.4 Å². The zero-order valence-corrected chi connectivity index (χ0v) is 12.4. The second-order valence-electron chi connectivity index (χ2n) is 6.12. The minimum absolute atomic E-state index is 0.0785. The Labute approximate surface area is 119 Å². The molecule has 2 rings (SSSR count). The van der Waals surface area contributed by atoms with E-state index in [1.807, 2.05) is 13.8 Å². The lowest BCUT2D eigenvalue weighted by Crippen LogP contribution is -2.16. The van der Waals surface area contributed by atoms with E-state index >= 15 is 0 Å². The maximum absolute atomic E-state index is 11.3. The van der Waals surface area contributed by atoms with Gasteiger partial charge in [0.15, 0.2) is 5.69 Å². The highest BCUT2D eigenvalue weighted by Crippen LogP contribution is 2.30. The van der Waals surface area contributed by atoms with Crippen LogP contribution in [-0.4, -0.2) is 27.6 Å². The zero-order chi connectivity index (χ0) is 14.7. The monoisotopic (exact) mass is 277 g/mol. The van der Waals surface area contributed by atoms with Crippen molar-refractivity contribution in [1.29, 1.82) is 0 Å². The molecule has 1 aromatic heterocycles. The molecule has 5 nitrogen and oxygen atoms in total.